The number of rotatable bonds is 7. The van der Waals surface area contributed by atoms with E-state index in [1.807, 2.05) is 16.4 Å². The molecule has 1 aromatic rings. The Morgan fingerprint density at radius 1 is 1.44 bits per heavy atom. The summed E-state index contributed by atoms with van der Waals surface area (Å²) in [5.41, 5.74) is 2.12. The fourth-order valence-corrected chi connectivity index (χ4v) is 2.25. The molecule has 1 rings (SSSR count). The largest absolute Gasteiger partial charge is 0.310 e. The van der Waals surface area contributed by atoms with E-state index in [9.17, 15) is 0 Å². The van der Waals surface area contributed by atoms with Crippen molar-refractivity contribution < 1.29 is 0 Å². The molecule has 0 aromatic carbocycles. The third-order valence-electron chi connectivity index (χ3n) is 2.47. The molecule has 0 spiro atoms. The summed E-state index contributed by atoms with van der Waals surface area (Å²) in [6.07, 6.45) is 3.00. The monoisotopic (exact) mass is 261 g/mol. The Labute approximate surface area is 107 Å². The standard InChI is InChI=1S/C11H20ClN3S/c1-4-9-11(12)10(15(5-2)14-9)8-13-6-7-16-3/h13H,4-8H2,1-3H3. The summed E-state index contributed by atoms with van der Waals surface area (Å²) >= 11 is 8.14. The van der Waals surface area contributed by atoms with Crippen LogP contribution in [-0.4, -0.2) is 28.3 Å². The minimum atomic E-state index is 0.806. The van der Waals surface area contributed by atoms with Gasteiger partial charge in [0.1, 0.15) is 0 Å². The maximum absolute atomic E-state index is 6.29. The van der Waals surface area contributed by atoms with Crippen molar-refractivity contribution in [1.29, 1.82) is 0 Å². The fourth-order valence-electron chi connectivity index (χ4n) is 1.57. The van der Waals surface area contributed by atoms with Gasteiger partial charge in [-0.05, 0) is 19.6 Å². The molecule has 0 aliphatic carbocycles. The van der Waals surface area contributed by atoms with Crippen LogP contribution in [0.25, 0.3) is 0 Å². The fraction of sp³-hybridized carbons (Fsp3) is 0.727. The second kappa shape index (κ2) is 7.20. The van der Waals surface area contributed by atoms with Gasteiger partial charge in [0, 0.05) is 25.4 Å². The van der Waals surface area contributed by atoms with Gasteiger partial charge in [-0.2, -0.15) is 16.9 Å². The molecule has 0 radical (unpaired) electrons. The van der Waals surface area contributed by atoms with Crippen LogP contribution in [0.2, 0.25) is 5.02 Å². The van der Waals surface area contributed by atoms with Gasteiger partial charge in [0.25, 0.3) is 0 Å². The summed E-state index contributed by atoms with van der Waals surface area (Å²) in [6.45, 7) is 6.86. The SMILES string of the molecule is CCc1nn(CC)c(CNCCSC)c1Cl. The zero-order chi connectivity index (χ0) is 12.0. The maximum atomic E-state index is 6.29. The molecule has 0 saturated heterocycles. The first-order valence-corrected chi connectivity index (χ1v) is 7.45. The highest BCUT2D eigenvalue weighted by Crippen LogP contribution is 2.21. The van der Waals surface area contributed by atoms with E-state index in [2.05, 4.69) is 30.5 Å². The number of aromatic nitrogens is 2. The molecule has 0 fully saturated rings. The number of hydrogen-bond acceptors (Lipinski definition) is 3. The van der Waals surface area contributed by atoms with Gasteiger partial charge >= 0.3 is 0 Å². The molecule has 92 valence electrons. The van der Waals surface area contributed by atoms with Crippen LogP contribution in [0.3, 0.4) is 0 Å². The van der Waals surface area contributed by atoms with Crippen molar-refractivity contribution in [3.05, 3.63) is 16.4 Å². The van der Waals surface area contributed by atoms with Crippen molar-refractivity contribution in [2.24, 2.45) is 0 Å². The maximum Gasteiger partial charge on any atom is 0.0863 e. The highest BCUT2D eigenvalue weighted by Gasteiger charge is 2.13. The third kappa shape index (κ3) is 3.40. The summed E-state index contributed by atoms with van der Waals surface area (Å²) in [7, 11) is 0. The second-order valence-electron chi connectivity index (χ2n) is 3.55. The summed E-state index contributed by atoms with van der Waals surface area (Å²) < 4.78 is 1.99. The molecular weight excluding hydrogens is 242 g/mol. The molecule has 0 amide bonds. The van der Waals surface area contributed by atoms with Crippen molar-refractivity contribution >= 4 is 23.4 Å². The quantitative estimate of drug-likeness (QED) is 0.765. The second-order valence-corrected chi connectivity index (χ2v) is 4.91. The van der Waals surface area contributed by atoms with Gasteiger partial charge in [-0.15, -0.1) is 0 Å². The predicted octanol–water partition coefficient (Wildman–Crippen LogP) is 2.57. The summed E-state index contributed by atoms with van der Waals surface area (Å²) in [4.78, 5) is 0. The van der Waals surface area contributed by atoms with Gasteiger partial charge < -0.3 is 5.32 Å². The van der Waals surface area contributed by atoms with Crippen molar-refractivity contribution in [3.63, 3.8) is 0 Å². The molecule has 0 aliphatic heterocycles. The first-order valence-electron chi connectivity index (χ1n) is 5.68. The van der Waals surface area contributed by atoms with E-state index >= 15 is 0 Å². The Balaban J connectivity index is 2.65. The summed E-state index contributed by atoms with van der Waals surface area (Å²) in [5, 5.41) is 8.71. The molecule has 1 heterocycles. The Morgan fingerprint density at radius 2 is 2.19 bits per heavy atom. The number of hydrogen-bond donors (Lipinski definition) is 1. The molecule has 0 atom stereocenters. The van der Waals surface area contributed by atoms with E-state index in [4.69, 9.17) is 11.6 Å². The van der Waals surface area contributed by atoms with Crippen LogP contribution in [0.5, 0.6) is 0 Å². The number of aryl methyl sites for hydroxylation is 2. The topological polar surface area (TPSA) is 29.9 Å². The van der Waals surface area contributed by atoms with Crippen molar-refractivity contribution in [2.75, 3.05) is 18.6 Å². The minimum Gasteiger partial charge on any atom is -0.310 e. The van der Waals surface area contributed by atoms with Crippen LogP contribution in [0.15, 0.2) is 0 Å². The Hall–Kier alpha value is -0.190. The smallest absolute Gasteiger partial charge is 0.0863 e. The zero-order valence-corrected chi connectivity index (χ0v) is 11.8. The first-order chi connectivity index (χ1) is 7.74. The average Bonchev–Trinajstić information content (AvgIpc) is 2.61. The molecule has 1 aromatic heterocycles. The van der Waals surface area contributed by atoms with Crippen LogP contribution in [0.4, 0.5) is 0 Å². The minimum absolute atomic E-state index is 0.806. The van der Waals surface area contributed by atoms with Crippen LogP contribution in [0.1, 0.15) is 25.2 Å². The van der Waals surface area contributed by atoms with Gasteiger partial charge in [0.2, 0.25) is 0 Å². The molecule has 0 bridgehead atoms. The van der Waals surface area contributed by atoms with Crippen molar-refractivity contribution in [3.8, 4) is 0 Å². The van der Waals surface area contributed by atoms with Crippen LogP contribution in [-0.2, 0) is 19.5 Å². The lowest BCUT2D eigenvalue weighted by atomic mass is 10.3. The average molecular weight is 262 g/mol. The van der Waals surface area contributed by atoms with E-state index < -0.39 is 0 Å². The predicted molar refractivity (Wildman–Crippen MR) is 72.4 cm³/mol. The Bertz CT molecular complexity index is 325. The Kier molecular flexibility index (Phi) is 6.24. The number of nitrogens with zero attached hydrogens (tertiary/aromatic N) is 2. The molecule has 0 saturated carbocycles. The lowest BCUT2D eigenvalue weighted by Crippen LogP contribution is -2.19. The molecule has 16 heavy (non-hydrogen) atoms. The zero-order valence-electron chi connectivity index (χ0n) is 10.2. The number of thioether (sulfide) groups is 1. The Morgan fingerprint density at radius 3 is 2.75 bits per heavy atom. The number of nitrogens with one attached hydrogen (secondary N) is 1. The van der Waals surface area contributed by atoms with Crippen molar-refractivity contribution in [1.82, 2.24) is 15.1 Å². The number of halogens is 1. The lowest BCUT2D eigenvalue weighted by molar-refractivity contribution is 0.586. The van der Waals surface area contributed by atoms with Gasteiger partial charge in [0.15, 0.2) is 0 Å². The van der Waals surface area contributed by atoms with Gasteiger partial charge in [-0.3, -0.25) is 4.68 Å². The van der Waals surface area contributed by atoms with Crippen molar-refractivity contribution in [2.45, 2.75) is 33.4 Å². The first kappa shape index (κ1) is 13.9. The molecule has 3 nitrogen and oxygen atoms in total. The van der Waals surface area contributed by atoms with E-state index in [0.29, 0.717) is 0 Å². The van der Waals surface area contributed by atoms with Gasteiger partial charge in [0.05, 0.1) is 16.4 Å². The van der Waals surface area contributed by atoms with E-state index in [0.717, 1.165) is 48.2 Å². The van der Waals surface area contributed by atoms with Crippen LogP contribution in [0, 0.1) is 0 Å². The van der Waals surface area contributed by atoms with Crippen LogP contribution >= 0.6 is 23.4 Å². The highest BCUT2D eigenvalue weighted by molar-refractivity contribution is 7.98. The molecule has 5 heteroatoms. The van der Waals surface area contributed by atoms with E-state index in [1.165, 1.54) is 0 Å². The molecule has 0 unspecified atom stereocenters. The summed E-state index contributed by atoms with van der Waals surface area (Å²) in [6, 6.07) is 0. The van der Waals surface area contributed by atoms with Gasteiger partial charge in [-0.1, -0.05) is 18.5 Å². The molecular formula is C11H20ClN3S. The van der Waals surface area contributed by atoms with Crippen LogP contribution < -0.4 is 5.32 Å². The summed E-state index contributed by atoms with van der Waals surface area (Å²) in [5.74, 6) is 1.12. The highest BCUT2D eigenvalue weighted by atomic mass is 35.5. The third-order valence-corrected chi connectivity index (χ3v) is 3.52. The lowest BCUT2D eigenvalue weighted by Gasteiger charge is -2.06. The normalized spacial score (nSPS) is 11.0. The van der Waals surface area contributed by atoms with E-state index in [-0.39, 0.29) is 0 Å². The van der Waals surface area contributed by atoms with E-state index in [1.54, 1.807) is 0 Å². The van der Waals surface area contributed by atoms with Gasteiger partial charge in [-0.25, -0.2) is 0 Å². The molecule has 1 N–H and O–H groups in total. The molecule has 0 aliphatic rings.